The smallest absolute Gasteiger partial charge is 0.261 e. The lowest BCUT2D eigenvalue weighted by atomic mass is 10.4. The van der Waals surface area contributed by atoms with Crippen molar-refractivity contribution in [1.82, 2.24) is 15.3 Å². The molecule has 6 heteroatoms. The summed E-state index contributed by atoms with van der Waals surface area (Å²) in [5.74, 6) is 0.766. The van der Waals surface area contributed by atoms with Crippen LogP contribution >= 0.6 is 0 Å². The molecule has 0 fully saturated rings. The van der Waals surface area contributed by atoms with Crippen molar-refractivity contribution in [1.29, 1.82) is 0 Å². The Morgan fingerprint density at radius 3 is 3.06 bits per heavy atom. The molecule has 0 saturated heterocycles. The highest BCUT2D eigenvalue weighted by Gasteiger charge is 2.03. The van der Waals surface area contributed by atoms with Gasteiger partial charge in [0, 0.05) is 24.9 Å². The monoisotopic (exact) mass is 233 g/mol. The average Bonchev–Trinajstić information content (AvgIpc) is 2.69. The van der Waals surface area contributed by atoms with E-state index in [0.717, 1.165) is 24.6 Å². The van der Waals surface area contributed by atoms with E-state index in [-0.39, 0.29) is 6.61 Å². The van der Waals surface area contributed by atoms with Gasteiger partial charge >= 0.3 is 0 Å². The van der Waals surface area contributed by atoms with Gasteiger partial charge in [-0.15, -0.1) is 0 Å². The summed E-state index contributed by atoms with van der Waals surface area (Å²) >= 11 is 0. The maximum Gasteiger partial charge on any atom is 0.261 e. The standard InChI is InChI=1S/C10H17F2N3O/c1-2-13-5-8-6-14-10(15-8)3-4-16-7-9(11)12/h6,9,13H,2-5,7H2,1H3,(H,14,15). The van der Waals surface area contributed by atoms with Crippen LogP contribution in [0, 0.1) is 0 Å². The van der Waals surface area contributed by atoms with Gasteiger partial charge in [-0.05, 0) is 6.54 Å². The summed E-state index contributed by atoms with van der Waals surface area (Å²) in [5.41, 5.74) is 0.991. The van der Waals surface area contributed by atoms with Gasteiger partial charge < -0.3 is 15.0 Å². The SMILES string of the molecule is CCNCc1cnc(CCOCC(F)F)[nH]1. The normalized spacial score (nSPS) is 11.2. The third-order valence-electron chi connectivity index (χ3n) is 1.97. The number of aromatic amines is 1. The van der Waals surface area contributed by atoms with Crippen molar-refractivity contribution in [3.63, 3.8) is 0 Å². The minimum atomic E-state index is -2.40. The highest BCUT2D eigenvalue weighted by atomic mass is 19.3. The van der Waals surface area contributed by atoms with E-state index in [2.05, 4.69) is 15.3 Å². The van der Waals surface area contributed by atoms with E-state index in [1.807, 2.05) is 6.92 Å². The van der Waals surface area contributed by atoms with Crippen molar-refractivity contribution in [2.75, 3.05) is 19.8 Å². The molecule has 0 aromatic carbocycles. The van der Waals surface area contributed by atoms with Gasteiger partial charge in [0.1, 0.15) is 12.4 Å². The molecule has 1 aromatic heterocycles. The second kappa shape index (κ2) is 7.29. The van der Waals surface area contributed by atoms with Crippen LogP contribution in [0.5, 0.6) is 0 Å². The molecule has 2 N–H and O–H groups in total. The third-order valence-corrected chi connectivity index (χ3v) is 1.97. The molecule has 1 rings (SSSR count). The van der Waals surface area contributed by atoms with Crippen LogP contribution in [0.2, 0.25) is 0 Å². The molecule has 0 unspecified atom stereocenters. The number of H-pyrrole nitrogens is 1. The quantitative estimate of drug-likeness (QED) is 0.666. The zero-order valence-electron chi connectivity index (χ0n) is 9.30. The second-order valence-electron chi connectivity index (χ2n) is 3.35. The first-order chi connectivity index (χ1) is 7.72. The molecule has 0 spiro atoms. The maximum absolute atomic E-state index is 11.7. The number of nitrogens with zero attached hydrogens (tertiary/aromatic N) is 1. The van der Waals surface area contributed by atoms with Gasteiger partial charge in [0.05, 0.1) is 6.61 Å². The molecule has 1 heterocycles. The van der Waals surface area contributed by atoms with E-state index in [1.54, 1.807) is 6.20 Å². The lowest BCUT2D eigenvalue weighted by Gasteiger charge is -2.01. The predicted octanol–water partition coefficient (Wildman–Crippen LogP) is 1.34. The molecule has 0 aliphatic rings. The van der Waals surface area contributed by atoms with Crippen molar-refractivity contribution < 1.29 is 13.5 Å². The number of rotatable bonds is 8. The Labute approximate surface area is 93.4 Å². The first-order valence-corrected chi connectivity index (χ1v) is 5.31. The summed E-state index contributed by atoms with van der Waals surface area (Å²) in [4.78, 5) is 7.22. The molecule has 0 atom stereocenters. The number of ether oxygens (including phenoxy) is 1. The van der Waals surface area contributed by atoms with Crippen LogP contribution < -0.4 is 5.32 Å². The van der Waals surface area contributed by atoms with Crippen LogP contribution in [-0.4, -0.2) is 36.2 Å². The average molecular weight is 233 g/mol. The summed E-state index contributed by atoms with van der Waals surface area (Å²) in [6.45, 7) is 3.41. The van der Waals surface area contributed by atoms with Gasteiger partial charge in [0.2, 0.25) is 0 Å². The highest BCUT2D eigenvalue weighted by molar-refractivity contribution is 5.01. The largest absolute Gasteiger partial charge is 0.375 e. The van der Waals surface area contributed by atoms with E-state index in [0.29, 0.717) is 6.42 Å². The molecule has 1 aromatic rings. The summed E-state index contributed by atoms with van der Waals surface area (Å²) in [6.07, 6.45) is -0.134. The Bertz CT molecular complexity index is 291. The summed E-state index contributed by atoms with van der Waals surface area (Å²) in [7, 11) is 0. The Hall–Kier alpha value is -1.01. The minimum Gasteiger partial charge on any atom is -0.375 e. The summed E-state index contributed by atoms with van der Waals surface area (Å²) in [5, 5.41) is 3.16. The Kier molecular flexibility index (Phi) is 5.95. The second-order valence-corrected chi connectivity index (χ2v) is 3.35. The molecule has 0 aliphatic heterocycles. The van der Waals surface area contributed by atoms with Crippen molar-refractivity contribution in [2.45, 2.75) is 26.3 Å². The topological polar surface area (TPSA) is 49.9 Å². The minimum absolute atomic E-state index is 0.262. The van der Waals surface area contributed by atoms with Crippen LogP contribution in [-0.2, 0) is 17.7 Å². The van der Waals surface area contributed by atoms with Crippen molar-refractivity contribution in [3.8, 4) is 0 Å². The fourth-order valence-electron chi connectivity index (χ4n) is 1.22. The number of hydrogen-bond acceptors (Lipinski definition) is 3. The lowest BCUT2D eigenvalue weighted by Crippen LogP contribution is -2.12. The first-order valence-electron chi connectivity index (χ1n) is 5.31. The Balaban J connectivity index is 2.19. The molecule has 0 radical (unpaired) electrons. The number of imidazole rings is 1. The Morgan fingerprint density at radius 1 is 1.56 bits per heavy atom. The lowest BCUT2D eigenvalue weighted by molar-refractivity contribution is 0.0183. The fourth-order valence-corrected chi connectivity index (χ4v) is 1.22. The molecule has 0 amide bonds. The maximum atomic E-state index is 11.7. The van der Waals surface area contributed by atoms with Crippen molar-refractivity contribution in [2.24, 2.45) is 0 Å². The predicted molar refractivity (Wildman–Crippen MR) is 56.5 cm³/mol. The number of hydrogen-bond donors (Lipinski definition) is 2. The molecule has 16 heavy (non-hydrogen) atoms. The molecular weight excluding hydrogens is 216 g/mol. The highest BCUT2D eigenvalue weighted by Crippen LogP contribution is 1.99. The van der Waals surface area contributed by atoms with Crippen LogP contribution in [0.15, 0.2) is 6.20 Å². The van der Waals surface area contributed by atoms with Gasteiger partial charge in [-0.3, -0.25) is 0 Å². The molecule has 0 bridgehead atoms. The number of aromatic nitrogens is 2. The summed E-state index contributed by atoms with van der Waals surface area (Å²) in [6, 6.07) is 0. The zero-order valence-corrected chi connectivity index (χ0v) is 9.30. The third kappa shape index (κ3) is 5.18. The summed E-state index contributed by atoms with van der Waals surface area (Å²) < 4.78 is 28.3. The van der Waals surface area contributed by atoms with Gasteiger partial charge in [-0.25, -0.2) is 13.8 Å². The molecular formula is C10H17F2N3O. The van der Waals surface area contributed by atoms with E-state index >= 15 is 0 Å². The molecule has 92 valence electrons. The Morgan fingerprint density at radius 2 is 2.38 bits per heavy atom. The van der Waals surface area contributed by atoms with E-state index in [4.69, 9.17) is 4.74 Å². The first kappa shape index (κ1) is 13.1. The molecule has 0 aliphatic carbocycles. The van der Waals surface area contributed by atoms with E-state index in [9.17, 15) is 8.78 Å². The van der Waals surface area contributed by atoms with Crippen molar-refractivity contribution >= 4 is 0 Å². The van der Waals surface area contributed by atoms with Crippen LogP contribution in [0.4, 0.5) is 8.78 Å². The van der Waals surface area contributed by atoms with Crippen LogP contribution in [0.3, 0.4) is 0 Å². The van der Waals surface area contributed by atoms with Crippen LogP contribution in [0.25, 0.3) is 0 Å². The van der Waals surface area contributed by atoms with Crippen molar-refractivity contribution in [3.05, 3.63) is 17.7 Å². The van der Waals surface area contributed by atoms with Gasteiger partial charge in [-0.1, -0.05) is 6.92 Å². The van der Waals surface area contributed by atoms with Gasteiger partial charge in [0.25, 0.3) is 6.43 Å². The number of nitrogens with one attached hydrogen (secondary N) is 2. The number of alkyl halides is 2. The number of halogens is 2. The van der Waals surface area contributed by atoms with Crippen LogP contribution in [0.1, 0.15) is 18.4 Å². The van der Waals surface area contributed by atoms with Gasteiger partial charge in [-0.2, -0.15) is 0 Å². The van der Waals surface area contributed by atoms with E-state index < -0.39 is 13.0 Å². The fraction of sp³-hybridized carbons (Fsp3) is 0.700. The molecule has 0 saturated carbocycles. The van der Waals surface area contributed by atoms with E-state index in [1.165, 1.54) is 0 Å². The molecule has 4 nitrogen and oxygen atoms in total. The zero-order chi connectivity index (χ0) is 11.8. The van der Waals surface area contributed by atoms with Gasteiger partial charge in [0.15, 0.2) is 0 Å².